The van der Waals surface area contributed by atoms with E-state index >= 15 is 0 Å². The molecule has 0 radical (unpaired) electrons. The summed E-state index contributed by atoms with van der Waals surface area (Å²) < 4.78 is 16.1. The third kappa shape index (κ3) is 2.83. The SMILES string of the molecule is Cc1cc(Br)c(F)cc1Nc1nccn1-c1ccccc1. The van der Waals surface area contributed by atoms with Crippen molar-refractivity contribution in [2.45, 2.75) is 6.92 Å². The van der Waals surface area contributed by atoms with Crippen LogP contribution in [0.4, 0.5) is 16.0 Å². The Labute approximate surface area is 130 Å². The van der Waals surface area contributed by atoms with Crippen molar-refractivity contribution in [3.8, 4) is 5.69 Å². The van der Waals surface area contributed by atoms with Crippen LogP contribution in [0.1, 0.15) is 5.56 Å². The minimum Gasteiger partial charge on any atom is -0.325 e. The molecule has 0 aliphatic rings. The van der Waals surface area contributed by atoms with E-state index in [-0.39, 0.29) is 5.82 Å². The van der Waals surface area contributed by atoms with E-state index in [1.807, 2.05) is 48.0 Å². The van der Waals surface area contributed by atoms with E-state index in [0.29, 0.717) is 16.1 Å². The Balaban J connectivity index is 1.97. The molecule has 3 rings (SSSR count). The van der Waals surface area contributed by atoms with E-state index in [1.54, 1.807) is 12.3 Å². The number of halogens is 2. The topological polar surface area (TPSA) is 29.9 Å². The lowest BCUT2D eigenvalue weighted by Crippen LogP contribution is -2.02. The van der Waals surface area contributed by atoms with Crippen LogP contribution in [0.5, 0.6) is 0 Å². The first-order chi connectivity index (χ1) is 10.1. The number of aromatic nitrogens is 2. The van der Waals surface area contributed by atoms with Crippen molar-refractivity contribution < 1.29 is 4.39 Å². The van der Waals surface area contributed by atoms with E-state index in [1.165, 1.54) is 6.07 Å². The molecule has 0 bridgehead atoms. The summed E-state index contributed by atoms with van der Waals surface area (Å²) in [6.45, 7) is 1.92. The molecule has 0 fully saturated rings. The number of imidazole rings is 1. The Kier molecular flexibility index (Phi) is 3.75. The van der Waals surface area contributed by atoms with Gasteiger partial charge in [0.25, 0.3) is 0 Å². The number of benzene rings is 2. The second-order valence-electron chi connectivity index (χ2n) is 4.66. The fraction of sp³-hybridized carbons (Fsp3) is 0.0625. The minimum absolute atomic E-state index is 0.305. The first-order valence-electron chi connectivity index (χ1n) is 6.46. The molecule has 2 aromatic carbocycles. The number of para-hydroxylation sites is 1. The van der Waals surface area contributed by atoms with E-state index in [0.717, 1.165) is 11.3 Å². The van der Waals surface area contributed by atoms with E-state index < -0.39 is 0 Å². The number of anilines is 2. The molecule has 0 aliphatic carbocycles. The average Bonchev–Trinajstić information content (AvgIpc) is 2.94. The highest BCUT2D eigenvalue weighted by atomic mass is 79.9. The number of rotatable bonds is 3. The summed E-state index contributed by atoms with van der Waals surface area (Å²) in [7, 11) is 0. The maximum Gasteiger partial charge on any atom is 0.212 e. The minimum atomic E-state index is -0.305. The Morgan fingerprint density at radius 1 is 1.19 bits per heavy atom. The summed E-state index contributed by atoms with van der Waals surface area (Å²) in [5.74, 6) is 0.340. The van der Waals surface area contributed by atoms with Gasteiger partial charge >= 0.3 is 0 Å². The molecule has 0 aliphatic heterocycles. The molecule has 1 N–H and O–H groups in total. The second-order valence-corrected chi connectivity index (χ2v) is 5.52. The van der Waals surface area contributed by atoms with Crippen LogP contribution < -0.4 is 5.32 Å². The van der Waals surface area contributed by atoms with Gasteiger partial charge in [0.1, 0.15) is 5.82 Å². The first-order valence-corrected chi connectivity index (χ1v) is 7.26. The maximum absolute atomic E-state index is 13.7. The molecule has 3 nitrogen and oxygen atoms in total. The van der Waals surface area contributed by atoms with Gasteiger partial charge in [0.2, 0.25) is 5.95 Å². The fourth-order valence-corrected chi connectivity index (χ4v) is 2.55. The van der Waals surface area contributed by atoms with Crippen molar-refractivity contribution in [2.75, 3.05) is 5.32 Å². The van der Waals surface area contributed by atoms with Crippen LogP contribution in [0.3, 0.4) is 0 Å². The number of hydrogen-bond acceptors (Lipinski definition) is 2. The zero-order valence-electron chi connectivity index (χ0n) is 11.3. The van der Waals surface area contributed by atoms with Gasteiger partial charge in [0.05, 0.1) is 4.47 Å². The lowest BCUT2D eigenvalue weighted by Gasteiger charge is -2.12. The summed E-state index contributed by atoms with van der Waals surface area (Å²) in [6.07, 6.45) is 3.57. The van der Waals surface area contributed by atoms with Crippen LogP contribution in [0.25, 0.3) is 5.69 Å². The highest BCUT2D eigenvalue weighted by Gasteiger charge is 2.09. The van der Waals surface area contributed by atoms with Gasteiger partial charge in [-0.15, -0.1) is 0 Å². The van der Waals surface area contributed by atoms with Crippen molar-refractivity contribution in [1.29, 1.82) is 0 Å². The van der Waals surface area contributed by atoms with E-state index in [2.05, 4.69) is 26.2 Å². The van der Waals surface area contributed by atoms with Crippen LogP contribution in [0, 0.1) is 12.7 Å². The molecule has 0 unspecified atom stereocenters. The predicted octanol–water partition coefficient (Wildman–Crippen LogP) is 4.83. The predicted molar refractivity (Wildman–Crippen MR) is 85.7 cm³/mol. The molecule has 0 atom stereocenters. The van der Waals surface area contributed by atoms with Gasteiger partial charge in [0.15, 0.2) is 0 Å². The molecule has 3 aromatic rings. The van der Waals surface area contributed by atoms with E-state index in [9.17, 15) is 4.39 Å². The van der Waals surface area contributed by atoms with Crippen molar-refractivity contribution in [1.82, 2.24) is 9.55 Å². The van der Waals surface area contributed by atoms with Crippen molar-refractivity contribution >= 4 is 27.6 Å². The molecule has 21 heavy (non-hydrogen) atoms. The summed E-state index contributed by atoms with van der Waals surface area (Å²) >= 11 is 3.19. The number of nitrogens with zero attached hydrogens (tertiary/aromatic N) is 2. The molecular formula is C16H13BrFN3. The monoisotopic (exact) mass is 345 g/mol. The van der Waals surface area contributed by atoms with Crippen LogP contribution >= 0.6 is 15.9 Å². The normalized spacial score (nSPS) is 10.6. The molecule has 106 valence electrons. The Morgan fingerprint density at radius 2 is 1.95 bits per heavy atom. The quantitative estimate of drug-likeness (QED) is 0.736. The Bertz CT molecular complexity index is 768. The zero-order chi connectivity index (χ0) is 14.8. The van der Waals surface area contributed by atoms with Gasteiger partial charge in [-0.05, 0) is 52.7 Å². The average molecular weight is 346 g/mol. The number of nitrogens with one attached hydrogen (secondary N) is 1. The van der Waals surface area contributed by atoms with Gasteiger partial charge in [-0.2, -0.15) is 0 Å². The van der Waals surface area contributed by atoms with Gasteiger partial charge in [-0.1, -0.05) is 18.2 Å². The van der Waals surface area contributed by atoms with Gasteiger partial charge in [-0.25, -0.2) is 9.37 Å². The fourth-order valence-electron chi connectivity index (χ4n) is 2.09. The molecule has 1 heterocycles. The van der Waals surface area contributed by atoms with Crippen molar-refractivity contribution in [2.24, 2.45) is 0 Å². The second kappa shape index (κ2) is 5.69. The maximum atomic E-state index is 13.7. The molecular weight excluding hydrogens is 333 g/mol. The number of aryl methyl sites for hydroxylation is 1. The summed E-state index contributed by atoms with van der Waals surface area (Å²) in [5.41, 5.74) is 2.62. The number of hydrogen-bond donors (Lipinski definition) is 1. The Morgan fingerprint density at radius 3 is 2.71 bits per heavy atom. The molecule has 1 aromatic heterocycles. The smallest absolute Gasteiger partial charge is 0.212 e. The van der Waals surface area contributed by atoms with Gasteiger partial charge in [-0.3, -0.25) is 4.57 Å². The van der Waals surface area contributed by atoms with Crippen LogP contribution in [-0.2, 0) is 0 Å². The first kappa shape index (κ1) is 13.8. The molecule has 5 heteroatoms. The lowest BCUT2D eigenvalue weighted by molar-refractivity contribution is 0.621. The van der Waals surface area contributed by atoms with Crippen LogP contribution in [0.15, 0.2) is 59.3 Å². The standard InChI is InChI=1S/C16H13BrFN3/c1-11-9-13(17)14(18)10-15(11)20-16-19-7-8-21(16)12-5-3-2-4-6-12/h2-10H,1H3,(H,19,20). The largest absolute Gasteiger partial charge is 0.325 e. The summed E-state index contributed by atoms with van der Waals surface area (Å²) in [5, 5.41) is 3.18. The summed E-state index contributed by atoms with van der Waals surface area (Å²) in [4.78, 5) is 4.30. The highest BCUT2D eigenvalue weighted by molar-refractivity contribution is 9.10. The van der Waals surface area contributed by atoms with Crippen molar-refractivity contribution in [3.05, 3.63) is 70.7 Å². The lowest BCUT2D eigenvalue weighted by atomic mass is 10.2. The Hall–Kier alpha value is -2.14. The third-order valence-electron chi connectivity index (χ3n) is 3.19. The summed E-state index contributed by atoms with van der Waals surface area (Å²) in [6, 6.07) is 13.1. The third-order valence-corrected chi connectivity index (χ3v) is 3.80. The van der Waals surface area contributed by atoms with Gasteiger partial charge in [0, 0.05) is 23.8 Å². The molecule has 0 saturated heterocycles. The highest BCUT2D eigenvalue weighted by Crippen LogP contribution is 2.27. The van der Waals surface area contributed by atoms with Crippen LogP contribution in [0.2, 0.25) is 0 Å². The molecule has 0 spiro atoms. The van der Waals surface area contributed by atoms with E-state index in [4.69, 9.17) is 0 Å². The molecule has 0 amide bonds. The van der Waals surface area contributed by atoms with Crippen molar-refractivity contribution in [3.63, 3.8) is 0 Å². The zero-order valence-corrected chi connectivity index (χ0v) is 12.9. The van der Waals surface area contributed by atoms with Gasteiger partial charge < -0.3 is 5.32 Å². The molecule has 0 saturated carbocycles. The van der Waals surface area contributed by atoms with Crippen LogP contribution in [-0.4, -0.2) is 9.55 Å².